The van der Waals surface area contributed by atoms with Crippen LogP contribution < -0.4 is 5.32 Å². The number of halogens is 1. The highest BCUT2D eigenvalue weighted by Crippen LogP contribution is 2.46. The third-order valence-corrected chi connectivity index (χ3v) is 6.61. The van der Waals surface area contributed by atoms with Gasteiger partial charge in [0.1, 0.15) is 0 Å². The van der Waals surface area contributed by atoms with Crippen LogP contribution >= 0.6 is 12.4 Å². The number of hydrogen-bond donors (Lipinski definition) is 1. The Morgan fingerprint density at radius 1 is 1.07 bits per heavy atom. The molecule has 28 heavy (non-hydrogen) atoms. The molecule has 0 bridgehead atoms. The van der Waals surface area contributed by atoms with Gasteiger partial charge in [-0.25, -0.2) is 0 Å². The van der Waals surface area contributed by atoms with E-state index >= 15 is 0 Å². The van der Waals surface area contributed by atoms with E-state index in [0.29, 0.717) is 6.04 Å². The smallest absolute Gasteiger partial charge is 0.0346 e. The molecule has 2 unspecified atom stereocenters. The minimum absolute atomic E-state index is 0. The van der Waals surface area contributed by atoms with E-state index < -0.39 is 0 Å². The van der Waals surface area contributed by atoms with Crippen LogP contribution in [0.2, 0.25) is 0 Å². The van der Waals surface area contributed by atoms with Gasteiger partial charge < -0.3 is 5.32 Å². The average Bonchev–Trinajstić information content (AvgIpc) is 3.14. The number of aryl methyl sites for hydroxylation is 2. The molecular formula is C25H27ClN2. The predicted molar refractivity (Wildman–Crippen MR) is 118 cm³/mol. The van der Waals surface area contributed by atoms with Gasteiger partial charge >= 0.3 is 0 Å². The van der Waals surface area contributed by atoms with Crippen molar-refractivity contribution in [2.45, 2.75) is 44.1 Å². The molecule has 5 rings (SSSR count). The first-order valence-electron chi connectivity index (χ1n) is 10.1. The molecule has 2 atom stereocenters. The van der Waals surface area contributed by atoms with E-state index in [1.54, 1.807) is 5.56 Å². The predicted octanol–water partition coefficient (Wildman–Crippen LogP) is 5.27. The largest absolute Gasteiger partial charge is 0.313 e. The molecule has 2 nitrogen and oxygen atoms in total. The summed E-state index contributed by atoms with van der Waals surface area (Å²) in [6.45, 7) is 3.29. The molecule has 1 aliphatic heterocycles. The first-order chi connectivity index (χ1) is 13.2. The van der Waals surface area contributed by atoms with Gasteiger partial charge in [-0.15, -0.1) is 12.4 Å². The van der Waals surface area contributed by atoms with Crippen molar-refractivity contribution in [1.29, 1.82) is 0 Å². The Kier molecular flexibility index (Phi) is 5.27. The van der Waals surface area contributed by atoms with Gasteiger partial charge in [0.2, 0.25) is 0 Å². The molecule has 1 fully saturated rings. The first kappa shape index (κ1) is 19.2. The second kappa shape index (κ2) is 7.69. The highest BCUT2D eigenvalue weighted by molar-refractivity contribution is 5.85. The van der Waals surface area contributed by atoms with E-state index in [9.17, 15) is 0 Å². The Bertz CT molecular complexity index is 952. The second-order valence-corrected chi connectivity index (χ2v) is 8.23. The van der Waals surface area contributed by atoms with Crippen LogP contribution in [0, 0.1) is 6.92 Å². The number of benzene rings is 2. The lowest BCUT2D eigenvalue weighted by atomic mass is 9.64. The summed E-state index contributed by atoms with van der Waals surface area (Å²) >= 11 is 0. The molecule has 144 valence electrons. The van der Waals surface area contributed by atoms with Gasteiger partial charge in [0.25, 0.3) is 0 Å². The van der Waals surface area contributed by atoms with Gasteiger partial charge in [0, 0.05) is 23.9 Å². The molecule has 2 aliphatic rings. The maximum atomic E-state index is 4.29. The SMILES string of the molecule is Cc1ccc(CC23CCNC2CCc2cc(-c4cccnc4)ccc23)cc1.Cl. The highest BCUT2D eigenvalue weighted by Gasteiger charge is 2.47. The van der Waals surface area contributed by atoms with Crippen LogP contribution in [-0.2, 0) is 18.3 Å². The fourth-order valence-electron chi connectivity index (χ4n) is 5.22. The summed E-state index contributed by atoms with van der Waals surface area (Å²) < 4.78 is 0. The van der Waals surface area contributed by atoms with Gasteiger partial charge in [-0.1, -0.05) is 54.1 Å². The quantitative estimate of drug-likeness (QED) is 0.659. The van der Waals surface area contributed by atoms with Gasteiger partial charge in [0.15, 0.2) is 0 Å². The average molecular weight is 391 g/mol. The second-order valence-electron chi connectivity index (χ2n) is 8.23. The monoisotopic (exact) mass is 390 g/mol. The topological polar surface area (TPSA) is 24.9 Å². The normalized spacial score (nSPS) is 22.8. The molecule has 0 saturated carbocycles. The lowest BCUT2D eigenvalue weighted by Gasteiger charge is -2.41. The molecule has 2 heterocycles. The molecule has 1 aliphatic carbocycles. The maximum Gasteiger partial charge on any atom is 0.0346 e. The van der Waals surface area contributed by atoms with Crippen LogP contribution in [0.15, 0.2) is 67.0 Å². The molecule has 3 heteroatoms. The molecule has 2 aromatic carbocycles. The minimum atomic E-state index is 0. The van der Waals surface area contributed by atoms with E-state index in [1.807, 2.05) is 18.5 Å². The third kappa shape index (κ3) is 3.25. The van der Waals surface area contributed by atoms with Crippen LogP contribution in [-0.4, -0.2) is 17.6 Å². The van der Waals surface area contributed by atoms with Crippen molar-refractivity contribution >= 4 is 12.4 Å². The van der Waals surface area contributed by atoms with E-state index in [4.69, 9.17) is 0 Å². The van der Waals surface area contributed by atoms with Crippen molar-refractivity contribution in [3.05, 3.63) is 89.2 Å². The van der Waals surface area contributed by atoms with Crippen molar-refractivity contribution in [2.24, 2.45) is 0 Å². The summed E-state index contributed by atoms with van der Waals surface area (Å²) in [7, 11) is 0. The van der Waals surface area contributed by atoms with Crippen molar-refractivity contribution in [3.63, 3.8) is 0 Å². The van der Waals surface area contributed by atoms with E-state index in [-0.39, 0.29) is 17.8 Å². The molecule has 1 aromatic heterocycles. The van der Waals surface area contributed by atoms with E-state index in [1.165, 1.54) is 40.7 Å². The Hall–Kier alpha value is -2.16. The van der Waals surface area contributed by atoms with Crippen LogP contribution in [0.25, 0.3) is 11.1 Å². The zero-order chi connectivity index (χ0) is 18.3. The molecule has 0 radical (unpaired) electrons. The Balaban J connectivity index is 0.00000192. The first-order valence-corrected chi connectivity index (χ1v) is 10.1. The Labute approximate surface area is 173 Å². The third-order valence-electron chi connectivity index (χ3n) is 6.61. The summed E-state index contributed by atoms with van der Waals surface area (Å²) in [5.74, 6) is 0. The van der Waals surface area contributed by atoms with Gasteiger partial charge in [-0.2, -0.15) is 0 Å². The molecule has 0 spiro atoms. The van der Waals surface area contributed by atoms with Crippen molar-refractivity contribution in [3.8, 4) is 11.1 Å². The lowest BCUT2D eigenvalue weighted by Crippen LogP contribution is -2.45. The van der Waals surface area contributed by atoms with Crippen molar-refractivity contribution in [2.75, 3.05) is 6.54 Å². The molecule has 0 amide bonds. The minimum Gasteiger partial charge on any atom is -0.313 e. The van der Waals surface area contributed by atoms with Gasteiger partial charge in [-0.3, -0.25) is 4.98 Å². The van der Waals surface area contributed by atoms with Crippen molar-refractivity contribution in [1.82, 2.24) is 10.3 Å². The number of hydrogen-bond acceptors (Lipinski definition) is 2. The lowest BCUT2D eigenvalue weighted by molar-refractivity contribution is 0.326. The summed E-state index contributed by atoms with van der Waals surface area (Å²) in [5.41, 5.74) is 8.62. The van der Waals surface area contributed by atoms with Crippen LogP contribution in [0.4, 0.5) is 0 Å². The van der Waals surface area contributed by atoms with Gasteiger partial charge in [0.05, 0.1) is 0 Å². The number of fused-ring (bicyclic) bond motifs is 3. The number of nitrogens with one attached hydrogen (secondary N) is 1. The molecule has 1 saturated heterocycles. The van der Waals surface area contributed by atoms with Gasteiger partial charge in [-0.05, 0) is 73.0 Å². The Morgan fingerprint density at radius 3 is 2.71 bits per heavy atom. The number of aromatic nitrogens is 1. The van der Waals surface area contributed by atoms with E-state index in [2.05, 4.69) is 65.8 Å². The highest BCUT2D eigenvalue weighted by atomic mass is 35.5. The maximum absolute atomic E-state index is 4.29. The molecular weight excluding hydrogens is 364 g/mol. The number of nitrogens with zero attached hydrogens (tertiary/aromatic N) is 1. The zero-order valence-corrected chi connectivity index (χ0v) is 17.1. The van der Waals surface area contributed by atoms with Crippen LogP contribution in [0.1, 0.15) is 35.1 Å². The number of pyridine rings is 1. The Morgan fingerprint density at radius 2 is 1.93 bits per heavy atom. The summed E-state index contributed by atoms with van der Waals surface area (Å²) in [6.07, 6.45) is 8.56. The van der Waals surface area contributed by atoms with Crippen LogP contribution in [0.5, 0.6) is 0 Å². The molecule has 3 aromatic rings. The van der Waals surface area contributed by atoms with Crippen molar-refractivity contribution < 1.29 is 0 Å². The summed E-state index contributed by atoms with van der Waals surface area (Å²) in [6, 6.07) is 21.0. The number of rotatable bonds is 3. The summed E-state index contributed by atoms with van der Waals surface area (Å²) in [5, 5.41) is 3.81. The van der Waals surface area contributed by atoms with E-state index in [0.717, 1.165) is 19.4 Å². The fourth-order valence-corrected chi connectivity index (χ4v) is 5.22. The zero-order valence-electron chi connectivity index (χ0n) is 16.3. The van der Waals surface area contributed by atoms with Crippen LogP contribution in [0.3, 0.4) is 0 Å². The summed E-state index contributed by atoms with van der Waals surface area (Å²) in [4.78, 5) is 4.29. The fraction of sp³-hybridized carbons (Fsp3) is 0.320. The molecule has 1 N–H and O–H groups in total. The standard InChI is InChI=1S/C25H26N2.ClH/c1-18-4-6-19(7-5-18)16-25-12-14-27-24(25)11-9-21-15-20(8-10-23(21)25)22-3-2-13-26-17-22;/h2-8,10,13,15,17,24,27H,9,11-12,14,16H2,1H3;1H.